The average molecular weight is 258 g/mol. The lowest BCUT2D eigenvalue weighted by Crippen LogP contribution is -2.48. The van der Waals surface area contributed by atoms with Crippen molar-refractivity contribution in [2.45, 2.75) is 46.6 Å². The highest BCUT2D eigenvalue weighted by Gasteiger charge is 2.28. The number of carboxylic acids is 1. The molecular formula is C13H26N2O3. The van der Waals surface area contributed by atoms with Crippen LogP contribution in [0.3, 0.4) is 0 Å². The molecule has 0 bridgehead atoms. The Morgan fingerprint density at radius 1 is 1.28 bits per heavy atom. The summed E-state index contributed by atoms with van der Waals surface area (Å²) >= 11 is 0. The Morgan fingerprint density at radius 3 is 2.17 bits per heavy atom. The smallest absolute Gasteiger partial charge is 0.326 e. The van der Waals surface area contributed by atoms with Gasteiger partial charge in [0.05, 0.1) is 5.92 Å². The van der Waals surface area contributed by atoms with Gasteiger partial charge < -0.3 is 16.2 Å². The fourth-order valence-electron chi connectivity index (χ4n) is 1.83. The maximum atomic E-state index is 12.0. The van der Waals surface area contributed by atoms with Crippen LogP contribution in [0.1, 0.15) is 40.5 Å². The third kappa shape index (κ3) is 5.49. The van der Waals surface area contributed by atoms with Gasteiger partial charge in [0.2, 0.25) is 5.91 Å². The van der Waals surface area contributed by atoms with E-state index in [0.717, 1.165) is 0 Å². The van der Waals surface area contributed by atoms with Crippen molar-refractivity contribution in [3.05, 3.63) is 0 Å². The van der Waals surface area contributed by atoms with Crippen molar-refractivity contribution in [3.63, 3.8) is 0 Å². The molecule has 0 aromatic carbocycles. The topological polar surface area (TPSA) is 92.4 Å². The van der Waals surface area contributed by atoms with Crippen molar-refractivity contribution < 1.29 is 14.7 Å². The lowest BCUT2D eigenvalue weighted by molar-refractivity contribution is -0.144. The van der Waals surface area contributed by atoms with Crippen LogP contribution in [0.4, 0.5) is 0 Å². The minimum absolute atomic E-state index is 0.0936. The minimum Gasteiger partial charge on any atom is -0.480 e. The number of hydrogen-bond donors (Lipinski definition) is 3. The van der Waals surface area contributed by atoms with E-state index in [2.05, 4.69) is 5.32 Å². The molecule has 0 aliphatic carbocycles. The fraction of sp³-hybridized carbons (Fsp3) is 0.846. The molecule has 2 unspecified atom stereocenters. The Labute approximate surface area is 109 Å². The van der Waals surface area contributed by atoms with E-state index >= 15 is 0 Å². The summed E-state index contributed by atoms with van der Waals surface area (Å²) in [4.78, 5) is 23.1. The van der Waals surface area contributed by atoms with Gasteiger partial charge in [0.15, 0.2) is 0 Å². The van der Waals surface area contributed by atoms with Gasteiger partial charge in [-0.1, -0.05) is 34.1 Å². The molecule has 1 amide bonds. The zero-order chi connectivity index (χ0) is 14.3. The zero-order valence-electron chi connectivity index (χ0n) is 11.8. The molecule has 0 spiro atoms. The van der Waals surface area contributed by atoms with Crippen LogP contribution in [0.5, 0.6) is 0 Å². The highest BCUT2D eigenvalue weighted by Crippen LogP contribution is 2.13. The van der Waals surface area contributed by atoms with Gasteiger partial charge in [-0.05, 0) is 18.3 Å². The first-order valence-corrected chi connectivity index (χ1v) is 6.56. The highest BCUT2D eigenvalue weighted by atomic mass is 16.4. The van der Waals surface area contributed by atoms with Gasteiger partial charge in [-0.3, -0.25) is 4.79 Å². The molecule has 18 heavy (non-hydrogen) atoms. The summed E-state index contributed by atoms with van der Waals surface area (Å²) in [7, 11) is 0. The summed E-state index contributed by atoms with van der Waals surface area (Å²) in [5.74, 6) is -1.28. The fourth-order valence-corrected chi connectivity index (χ4v) is 1.83. The molecule has 3 atom stereocenters. The molecule has 0 aliphatic rings. The number of amides is 1. The van der Waals surface area contributed by atoms with Gasteiger partial charge in [0.25, 0.3) is 0 Å². The molecule has 0 saturated carbocycles. The number of nitrogens with one attached hydrogen (secondary N) is 1. The number of carboxylic acid groups (broad SMARTS) is 1. The van der Waals surface area contributed by atoms with Crippen molar-refractivity contribution >= 4 is 11.9 Å². The SMILES string of the molecule is CCC(C)[C@H](NC(=O)C(CN)CC(C)C)C(=O)O. The Kier molecular flexibility index (Phi) is 7.59. The summed E-state index contributed by atoms with van der Waals surface area (Å²) in [5.41, 5.74) is 5.57. The third-order valence-corrected chi connectivity index (χ3v) is 3.19. The van der Waals surface area contributed by atoms with E-state index in [1.165, 1.54) is 0 Å². The number of carbonyl (C=O) groups is 2. The van der Waals surface area contributed by atoms with E-state index in [9.17, 15) is 9.59 Å². The van der Waals surface area contributed by atoms with E-state index in [1.807, 2.05) is 27.7 Å². The maximum Gasteiger partial charge on any atom is 0.326 e. The molecule has 0 radical (unpaired) electrons. The Balaban J connectivity index is 4.61. The molecule has 0 heterocycles. The normalized spacial score (nSPS) is 16.1. The molecular weight excluding hydrogens is 232 g/mol. The van der Waals surface area contributed by atoms with E-state index in [4.69, 9.17) is 10.8 Å². The highest BCUT2D eigenvalue weighted by molar-refractivity contribution is 5.85. The summed E-state index contributed by atoms with van der Waals surface area (Å²) in [6, 6.07) is -0.830. The quantitative estimate of drug-likeness (QED) is 0.610. The van der Waals surface area contributed by atoms with Crippen molar-refractivity contribution in [1.82, 2.24) is 5.32 Å². The Bertz CT molecular complexity index is 279. The van der Waals surface area contributed by atoms with E-state index < -0.39 is 12.0 Å². The first-order chi connectivity index (χ1) is 8.33. The molecule has 4 N–H and O–H groups in total. The van der Waals surface area contributed by atoms with Crippen molar-refractivity contribution in [2.75, 3.05) is 6.54 Å². The lowest BCUT2D eigenvalue weighted by atomic mass is 9.94. The predicted molar refractivity (Wildman–Crippen MR) is 71.0 cm³/mol. The average Bonchev–Trinajstić information content (AvgIpc) is 2.30. The summed E-state index contributed by atoms with van der Waals surface area (Å²) in [6.07, 6.45) is 1.38. The minimum atomic E-state index is -0.988. The van der Waals surface area contributed by atoms with Gasteiger partial charge in [0.1, 0.15) is 6.04 Å². The molecule has 0 aromatic rings. The maximum absolute atomic E-state index is 12.0. The van der Waals surface area contributed by atoms with Crippen molar-refractivity contribution in [2.24, 2.45) is 23.5 Å². The van der Waals surface area contributed by atoms with Gasteiger partial charge in [0, 0.05) is 6.54 Å². The largest absolute Gasteiger partial charge is 0.480 e. The van der Waals surface area contributed by atoms with Crippen LogP contribution in [0.25, 0.3) is 0 Å². The van der Waals surface area contributed by atoms with Gasteiger partial charge in [-0.15, -0.1) is 0 Å². The van der Waals surface area contributed by atoms with Gasteiger partial charge >= 0.3 is 5.97 Å². The van der Waals surface area contributed by atoms with Crippen LogP contribution in [0.2, 0.25) is 0 Å². The van der Waals surface area contributed by atoms with E-state index in [-0.39, 0.29) is 24.3 Å². The summed E-state index contributed by atoms with van der Waals surface area (Å²) < 4.78 is 0. The predicted octanol–water partition coefficient (Wildman–Crippen LogP) is 1.22. The second-order valence-corrected chi connectivity index (χ2v) is 5.27. The molecule has 5 heteroatoms. The van der Waals surface area contributed by atoms with E-state index in [1.54, 1.807) is 0 Å². The van der Waals surface area contributed by atoms with Crippen LogP contribution in [0.15, 0.2) is 0 Å². The summed E-state index contributed by atoms with van der Waals surface area (Å²) in [6.45, 7) is 8.00. The van der Waals surface area contributed by atoms with Crippen molar-refractivity contribution in [1.29, 1.82) is 0 Å². The molecule has 5 nitrogen and oxygen atoms in total. The standard InChI is InChI=1S/C13H26N2O3/c1-5-9(4)11(13(17)18)15-12(16)10(7-14)6-8(2)3/h8-11H,5-7,14H2,1-4H3,(H,15,16)(H,17,18)/t9?,10?,11-/m0/s1. The van der Waals surface area contributed by atoms with Crippen LogP contribution >= 0.6 is 0 Å². The van der Waals surface area contributed by atoms with Crippen molar-refractivity contribution in [3.8, 4) is 0 Å². The Morgan fingerprint density at radius 2 is 1.83 bits per heavy atom. The van der Waals surface area contributed by atoms with Crippen LogP contribution in [-0.2, 0) is 9.59 Å². The van der Waals surface area contributed by atoms with Gasteiger partial charge in [-0.25, -0.2) is 4.79 Å². The first-order valence-electron chi connectivity index (χ1n) is 6.56. The Hall–Kier alpha value is -1.10. The number of hydrogen-bond acceptors (Lipinski definition) is 3. The van der Waals surface area contributed by atoms with Crippen LogP contribution in [-0.4, -0.2) is 29.6 Å². The second-order valence-electron chi connectivity index (χ2n) is 5.27. The van der Waals surface area contributed by atoms with Crippen LogP contribution < -0.4 is 11.1 Å². The molecule has 0 saturated heterocycles. The molecule has 106 valence electrons. The monoisotopic (exact) mass is 258 g/mol. The molecule has 0 aromatic heterocycles. The molecule has 0 fully saturated rings. The molecule has 0 rings (SSSR count). The third-order valence-electron chi connectivity index (χ3n) is 3.19. The molecule has 0 aliphatic heterocycles. The lowest BCUT2D eigenvalue weighted by Gasteiger charge is -2.23. The summed E-state index contributed by atoms with van der Waals surface area (Å²) in [5, 5.41) is 11.7. The number of rotatable bonds is 8. The second kappa shape index (κ2) is 8.08. The number of aliphatic carboxylic acids is 1. The van der Waals surface area contributed by atoms with Crippen LogP contribution in [0, 0.1) is 17.8 Å². The zero-order valence-corrected chi connectivity index (χ0v) is 11.8. The number of carbonyl (C=O) groups excluding carboxylic acids is 1. The number of nitrogens with two attached hydrogens (primary N) is 1. The van der Waals surface area contributed by atoms with E-state index in [0.29, 0.717) is 18.8 Å². The van der Waals surface area contributed by atoms with Gasteiger partial charge in [-0.2, -0.15) is 0 Å². The first kappa shape index (κ1) is 16.9.